The highest BCUT2D eigenvalue weighted by molar-refractivity contribution is 7.09. The molecule has 1 N–H and O–H groups in total. The van der Waals surface area contributed by atoms with Gasteiger partial charge in [-0.05, 0) is 37.1 Å². The maximum Gasteiger partial charge on any atom is 0.250 e. The number of hydrogen-bond acceptors (Lipinski definition) is 8. The average Bonchev–Trinajstić information content (AvgIpc) is 3.82. The SMILES string of the molecule is COc1ccc(NC(=O)C2(N(Cc3nc(-c4ccccc4)cs3)C(=O)Cn3nnc4ccccc43)CCCC2)c(OC)c1. The number of nitrogens with zero attached hydrogens (tertiary/aromatic N) is 5. The summed E-state index contributed by atoms with van der Waals surface area (Å²) in [5.74, 6) is 0.594. The summed E-state index contributed by atoms with van der Waals surface area (Å²) >= 11 is 1.48. The molecule has 10 nitrogen and oxygen atoms in total. The molecule has 0 bridgehead atoms. The van der Waals surface area contributed by atoms with Crippen LogP contribution in [0.1, 0.15) is 30.7 Å². The van der Waals surface area contributed by atoms with Crippen LogP contribution in [0.4, 0.5) is 5.69 Å². The molecule has 1 saturated carbocycles. The molecule has 0 aliphatic heterocycles. The number of amides is 2. The Hall–Kier alpha value is -4.77. The fourth-order valence-electron chi connectivity index (χ4n) is 5.71. The van der Waals surface area contributed by atoms with Gasteiger partial charge in [0.15, 0.2) is 0 Å². The van der Waals surface area contributed by atoms with Crippen LogP contribution >= 0.6 is 11.3 Å². The van der Waals surface area contributed by atoms with Crippen LogP contribution in [0.15, 0.2) is 78.2 Å². The van der Waals surface area contributed by atoms with Crippen molar-refractivity contribution in [2.24, 2.45) is 0 Å². The molecule has 1 fully saturated rings. The minimum atomic E-state index is -1.09. The van der Waals surface area contributed by atoms with E-state index >= 15 is 0 Å². The lowest BCUT2D eigenvalue weighted by Crippen LogP contribution is -2.57. The highest BCUT2D eigenvalue weighted by atomic mass is 32.1. The largest absolute Gasteiger partial charge is 0.497 e. The summed E-state index contributed by atoms with van der Waals surface area (Å²) in [6.45, 7) is 0.133. The van der Waals surface area contributed by atoms with E-state index in [2.05, 4.69) is 15.6 Å². The van der Waals surface area contributed by atoms with E-state index in [1.807, 2.05) is 60.0 Å². The Morgan fingerprint density at radius 1 is 1.00 bits per heavy atom. The van der Waals surface area contributed by atoms with Crippen molar-refractivity contribution in [2.45, 2.75) is 44.3 Å². The van der Waals surface area contributed by atoms with Gasteiger partial charge in [0, 0.05) is 17.0 Å². The molecular formula is C32H32N6O4S. The summed E-state index contributed by atoms with van der Waals surface area (Å²) in [6.07, 6.45) is 2.68. The van der Waals surface area contributed by atoms with Gasteiger partial charge in [-0.15, -0.1) is 16.4 Å². The van der Waals surface area contributed by atoms with Crippen LogP contribution in [-0.4, -0.2) is 56.5 Å². The van der Waals surface area contributed by atoms with Crippen LogP contribution < -0.4 is 14.8 Å². The van der Waals surface area contributed by atoms with E-state index in [-0.39, 0.29) is 24.9 Å². The molecule has 2 heterocycles. The number of para-hydroxylation sites is 1. The molecule has 0 radical (unpaired) electrons. The fourth-order valence-corrected chi connectivity index (χ4v) is 6.50. The Kier molecular flexibility index (Phi) is 8.06. The van der Waals surface area contributed by atoms with Gasteiger partial charge in [-0.1, -0.05) is 60.5 Å². The Morgan fingerprint density at radius 3 is 2.53 bits per heavy atom. The quantitative estimate of drug-likeness (QED) is 0.225. The van der Waals surface area contributed by atoms with Crippen LogP contribution in [0.3, 0.4) is 0 Å². The number of benzene rings is 3. The van der Waals surface area contributed by atoms with Gasteiger partial charge in [0.1, 0.15) is 34.1 Å². The molecule has 0 atom stereocenters. The number of ether oxygens (including phenoxy) is 2. The standard InChI is InChI=1S/C32H32N6O4S/c1-41-23-14-15-25(28(18-23)42-2)34-31(40)32(16-8-9-17-32)37(19-29-33-26(21-43-29)22-10-4-3-5-11-22)30(39)20-38-27-13-7-6-12-24(27)35-36-38/h3-7,10-15,18,21H,8-9,16-17,19-20H2,1-2H3,(H,34,40). The minimum absolute atomic E-state index is 0.0572. The van der Waals surface area contributed by atoms with E-state index in [1.54, 1.807) is 42.0 Å². The van der Waals surface area contributed by atoms with Crippen molar-refractivity contribution in [1.82, 2.24) is 24.9 Å². The molecule has 6 rings (SSSR count). The van der Waals surface area contributed by atoms with Gasteiger partial charge in [0.05, 0.1) is 37.7 Å². The molecule has 11 heteroatoms. The number of anilines is 1. The topological polar surface area (TPSA) is 111 Å². The molecule has 220 valence electrons. The van der Waals surface area contributed by atoms with Crippen molar-refractivity contribution in [3.8, 4) is 22.8 Å². The number of rotatable bonds is 10. The van der Waals surface area contributed by atoms with Gasteiger partial charge in [-0.25, -0.2) is 9.67 Å². The zero-order chi connectivity index (χ0) is 29.8. The lowest BCUT2D eigenvalue weighted by atomic mass is 9.93. The highest BCUT2D eigenvalue weighted by Crippen LogP contribution is 2.40. The predicted octanol–water partition coefficient (Wildman–Crippen LogP) is 5.55. The Labute approximate surface area is 253 Å². The third kappa shape index (κ3) is 5.68. The number of thiazole rings is 1. The maximum absolute atomic E-state index is 14.3. The van der Waals surface area contributed by atoms with E-state index in [0.717, 1.165) is 34.6 Å². The third-order valence-electron chi connectivity index (χ3n) is 7.95. The van der Waals surface area contributed by atoms with E-state index < -0.39 is 5.54 Å². The first-order chi connectivity index (χ1) is 21.0. The zero-order valence-corrected chi connectivity index (χ0v) is 24.8. The number of fused-ring (bicyclic) bond motifs is 1. The number of aromatic nitrogens is 4. The summed E-state index contributed by atoms with van der Waals surface area (Å²) < 4.78 is 12.5. The molecule has 1 aliphatic carbocycles. The second-order valence-electron chi connectivity index (χ2n) is 10.5. The molecular weight excluding hydrogens is 564 g/mol. The number of carbonyl (C=O) groups is 2. The number of methoxy groups -OCH3 is 2. The van der Waals surface area contributed by atoms with Gasteiger partial charge < -0.3 is 19.7 Å². The van der Waals surface area contributed by atoms with Crippen LogP contribution in [0, 0.1) is 0 Å². The first kappa shape index (κ1) is 28.4. The van der Waals surface area contributed by atoms with Crippen molar-refractivity contribution in [3.63, 3.8) is 0 Å². The minimum Gasteiger partial charge on any atom is -0.497 e. The molecule has 1 aliphatic rings. The molecule has 2 amide bonds. The number of hydrogen-bond donors (Lipinski definition) is 1. The summed E-state index contributed by atoms with van der Waals surface area (Å²) in [6, 6.07) is 22.7. The first-order valence-electron chi connectivity index (χ1n) is 14.1. The van der Waals surface area contributed by atoms with E-state index in [9.17, 15) is 9.59 Å². The lowest BCUT2D eigenvalue weighted by molar-refractivity contribution is -0.147. The summed E-state index contributed by atoms with van der Waals surface area (Å²) in [5.41, 5.74) is 2.71. The molecule has 3 aromatic carbocycles. The second kappa shape index (κ2) is 12.2. The smallest absolute Gasteiger partial charge is 0.250 e. The molecule has 43 heavy (non-hydrogen) atoms. The van der Waals surface area contributed by atoms with Gasteiger partial charge in [0.2, 0.25) is 11.8 Å². The monoisotopic (exact) mass is 596 g/mol. The lowest BCUT2D eigenvalue weighted by Gasteiger charge is -2.39. The Bertz CT molecular complexity index is 1750. The maximum atomic E-state index is 14.3. The van der Waals surface area contributed by atoms with Gasteiger partial charge in [0.25, 0.3) is 0 Å². The molecule has 0 saturated heterocycles. The van der Waals surface area contributed by atoms with Crippen molar-refractivity contribution in [3.05, 3.63) is 83.2 Å². The molecule has 2 aromatic heterocycles. The second-order valence-corrected chi connectivity index (χ2v) is 11.4. The Balaban J connectivity index is 1.35. The predicted molar refractivity (Wildman–Crippen MR) is 165 cm³/mol. The van der Waals surface area contributed by atoms with E-state index in [4.69, 9.17) is 14.5 Å². The molecule has 0 spiro atoms. The van der Waals surface area contributed by atoms with Crippen LogP contribution in [0.25, 0.3) is 22.3 Å². The van der Waals surface area contributed by atoms with Gasteiger partial charge in [-0.3, -0.25) is 9.59 Å². The van der Waals surface area contributed by atoms with E-state index in [1.165, 1.54) is 11.3 Å². The Morgan fingerprint density at radius 2 is 1.77 bits per heavy atom. The fraction of sp³-hybridized carbons (Fsp3) is 0.281. The van der Waals surface area contributed by atoms with Crippen molar-refractivity contribution in [2.75, 3.05) is 19.5 Å². The normalized spacial score (nSPS) is 14.0. The van der Waals surface area contributed by atoms with Crippen LogP contribution in [0.5, 0.6) is 11.5 Å². The van der Waals surface area contributed by atoms with Gasteiger partial charge >= 0.3 is 0 Å². The third-order valence-corrected chi connectivity index (χ3v) is 8.78. The van der Waals surface area contributed by atoms with Crippen molar-refractivity contribution >= 4 is 39.9 Å². The summed E-state index contributed by atoms with van der Waals surface area (Å²) in [5, 5.41) is 14.3. The number of carbonyl (C=O) groups excluding carboxylic acids is 2. The van der Waals surface area contributed by atoms with Crippen LogP contribution in [-0.2, 0) is 22.7 Å². The van der Waals surface area contributed by atoms with Crippen LogP contribution in [0.2, 0.25) is 0 Å². The number of nitrogens with one attached hydrogen (secondary N) is 1. The highest BCUT2D eigenvalue weighted by Gasteiger charge is 2.49. The first-order valence-corrected chi connectivity index (χ1v) is 15.0. The zero-order valence-electron chi connectivity index (χ0n) is 24.0. The average molecular weight is 597 g/mol. The molecule has 5 aromatic rings. The summed E-state index contributed by atoms with van der Waals surface area (Å²) in [7, 11) is 3.12. The van der Waals surface area contributed by atoms with Crippen molar-refractivity contribution < 1.29 is 19.1 Å². The summed E-state index contributed by atoms with van der Waals surface area (Å²) in [4.78, 5) is 35.1. The van der Waals surface area contributed by atoms with Gasteiger partial charge in [-0.2, -0.15) is 0 Å². The van der Waals surface area contributed by atoms with E-state index in [0.29, 0.717) is 35.5 Å². The molecule has 0 unspecified atom stereocenters. The van der Waals surface area contributed by atoms with Crippen molar-refractivity contribution in [1.29, 1.82) is 0 Å².